The van der Waals surface area contributed by atoms with Gasteiger partial charge in [0.2, 0.25) is 7.37 Å². The number of rotatable bonds is 9. The molecule has 0 radical (unpaired) electrons. The maximum Gasteiger partial charge on any atom is 0.407 e. The van der Waals surface area contributed by atoms with Crippen LogP contribution in [-0.4, -0.2) is 34.4 Å². The van der Waals surface area contributed by atoms with Crippen LogP contribution in [0.25, 0.3) is 0 Å². The molecule has 2 atom stereocenters. The van der Waals surface area contributed by atoms with E-state index >= 15 is 0 Å². The lowest BCUT2D eigenvalue weighted by atomic mass is 10.1. The molecule has 0 heterocycles. The first-order chi connectivity index (χ1) is 12.9. The number of ether oxygens (including phenoxy) is 1. The molecule has 2 aromatic rings. The molecular weight excluding hydrogens is 369 g/mol. The Bertz CT molecular complexity index is 796. The predicted octanol–water partition coefficient (Wildman–Crippen LogP) is 3.40. The molecule has 0 saturated heterocycles. The highest BCUT2D eigenvalue weighted by Crippen LogP contribution is 2.42. The van der Waals surface area contributed by atoms with Crippen molar-refractivity contribution in [1.29, 1.82) is 0 Å². The molecule has 0 saturated carbocycles. The third kappa shape index (κ3) is 7.64. The Kier molecular flexibility index (Phi) is 7.58. The van der Waals surface area contributed by atoms with Crippen molar-refractivity contribution < 1.29 is 28.9 Å². The van der Waals surface area contributed by atoms with Crippen molar-refractivity contribution in [2.24, 2.45) is 0 Å². The first kappa shape index (κ1) is 20.7. The zero-order valence-electron chi connectivity index (χ0n) is 14.7. The quantitative estimate of drug-likeness (QED) is 0.565. The number of carboxylic acid groups (broad SMARTS) is 1. The number of carbonyl (C=O) groups excluding carboxylic acids is 1. The van der Waals surface area contributed by atoms with E-state index in [4.69, 9.17) is 9.84 Å². The van der Waals surface area contributed by atoms with Crippen LogP contribution in [0, 0.1) is 0 Å². The molecule has 144 valence electrons. The third-order valence-electron chi connectivity index (χ3n) is 3.86. The van der Waals surface area contributed by atoms with Crippen molar-refractivity contribution in [2.75, 3.05) is 12.3 Å². The second kappa shape index (κ2) is 9.90. The summed E-state index contributed by atoms with van der Waals surface area (Å²) in [5.41, 5.74) is 1.58. The lowest BCUT2D eigenvalue weighted by Gasteiger charge is -2.20. The van der Waals surface area contributed by atoms with Crippen LogP contribution in [0.5, 0.6) is 0 Å². The highest BCUT2D eigenvalue weighted by molar-refractivity contribution is 7.58. The zero-order valence-corrected chi connectivity index (χ0v) is 15.5. The number of carboxylic acids is 1. The number of nitrogens with one attached hydrogen (secondary N) is 1. The molecule has 0 aromatic heterocycles. The third-order valence-corrected chi connectivity index (χ3v) is 5.58. The Morgan fingerprint density at radius 1 is 1.04 bits per heavy atom. The number of alkyl carbamates (subject to hydrolysis) is 1. The van der Waals surface area contributed by atoms with Gasteiger partial charge in [0.25, 0.3) is 0 Å². The summed E-state index contributed by atoms with van der Waals surface area (Å²) in [6, 6.07) is 17.6. The largest absolute Gasteiger partial charge is 0.481 e. The smallest absolute Gasteiger partial charge is 0.407 e. The van der Waals surface area contributed by atoms with Crippen molar-refractivity contribution >= 4 is 19.4 Å². The molecule has 3 N–H and O–H groups in total. The zero-order chi connectivity index (χ0) is 19.7. The van der Waals surface area contributed by atoms with E-state index in [2.05, 4.69) is 5.32 Å². The fourth-order valence-electron chi connectivity index (χ4n) is 2.54. The summed E-state index contributed by atoms with van der Waals surface area (Å²) in [5, 5.41) is 11.4. The molecule has 1 amide bonds. The van der Waals surface area contributed by atoms with Crippen molar-refractivity contribution in [3.63, 3.8) is 0 Å². The molecule has 8 heteroatoms. The van der Waals surface area contributed by atoms with Crippen LogP contribution in [0.15, 0.2) is 60.7 Å². The van der Waals surface area contributed by atoms with Gasteiger partial charge in [0, 0.05) is 6.16 Å². The predicted molar refractivity (Wildman–Crippen MR) is 101 cm³/mol. The minimum absolute atomic E-state index is 0.103. The molecule has 0 aliphatic heterocycles. The first-order valence-corrected chi connectivity index (χ1v) is 10.4. The van der Waals surface area contributed by atoms with E-state index in [1.165, 1.54) is 0 Å². The highest BCUT2D eigenvalue weighted by atomic mass is 31.2. The second-order valence-corrected chi connectivity index (χ2v) is 8.54. The van der Waals surface area contributed by atoms with E-state index in [1.807, 2.05) is 36.4 Å². The molecule has 7 nitrogen and oxygen atoms in total. The molecular formula is C19H22NO6P. The number of hydrogen-bond acceptors (Lipinski definition) is 4. The van der Waals surface area contributed by atoms with Crippen molar-refractivity contribution in [3.05, 3.63) is 71.8 Å². The van der Waals surface area contributed by atoms with Crippen LogP contribution in [-0.2, 0) is 20.7 Å². The summed E-state index contributed by atoms with van der Waals surface area (Å²) in [4.78, 5) is 32.6. The van der Waals surface area contributed by atoms with Crippen LogP contribution in [0.1, 0.15) is 23.6 Å². The summed E-state index contributed by atoms with van der Waals surface area (Å²) in [6.07, 6.45) is -1.56. The van der Waals surface area contributed by atoms with Gasteiger partial charge in [-0.15, -0.1) is 0 Å². The Balaban J connectivity index is 1.99. The fourth-order valence-corrected chi connectivity index (χ4v) is 3.78. The summed E-state index contributed by atoms with van der Waals surface area (Å²) in [5.74, 6) is -1.33. The SMILES string of the molecule is O=C(O)CP(=O)(O)CCC(NC(=O)OCc1ccccc1)c1ccccc1. The van der Waals surface area contributed by atoms with Crippen LogP contribution in [0.2, 0.25) is 0 Å². The van der Waals surface area contributed by atoms with E-state index in [9.17, 15) is 19.0 Å². The number of benzene rings is 2. The van der Waals surface area contributed by atoms with Crippen molar-refractivity contribution in [3.8, 4) is 0 Å². The highest BCUT2D eigenvalue weighted by Gasteiger charge is 2.25. The van der Waals surface area contributed by atoms with Crippen molar-refractivity contribution in [1.82, 2.24) is 5.32 Å². The van der Waals surface area contributed by atoms with E-state index in [0.717, 1.165) is 11.1 Å². The molecule has 2 rings (SSSR count). The Hall–Kier alpha value is -2.63. The van der Waals surface area contributed by atoms with Crippen molar-refractivity contribution in [2.45, 2.75) is 19.1 Å². The van der Waals surface area contributed by atoms with Gasteiger partial charge in [-0.3, -0.25) is 9.36 Å². The van der Waals surface area contributed by atoms with Gasteiger partial charge >= 0.3 is 12.1 Å². The topological polar surface area (TPSA) is 113 Å². The minimum atomic E-state index is -3.82. The fraction of sp³-hybridized carbons (Fsp3) is 0.263. The number of hydrogen-bond donors (Lipinski definition) is 3. The number of carbonyl (C=O) groups is 2. The van der Waals surface area contributed by atoms with E-state index in [0.29, 0.717) is 0 Å². The Morgan fingerprint density at radius 3 is 2.22 bits per heavy atom. The minimum Gasteiger partial charge on any atom is -0.481 e. The molecule has 0 fully saturated rings. The number of amides is 1. The monoisotopic (exact) mass is 391 g/mol. The first-order valence-electron chi connectivity index (χ1n) is 8.40. The maximum absolute atomic E-state index is 12.1. The second-order valence-electron chi connectivity index (χ2n) is 6.08. The van der Waals surface area contributed by atoms with Gasteiger partial charge in [-0.2, -0.15) is 0 Å². The summed E-state index contributed by atoms with van der Waals surface area (Å²) in [7, 11) is -3.82. The summed E-state index contributed by atoms with van der Waals surface area (Å²) < 4.78 is 17.2. The molecule has 27 heavy (non-hydrogen) atoms. The molecule has 0 bridgehead atoms. The molecule has 0 aliphatic carbocycles. The van der Waals surface area contributed by atoms with E-state index < -0.39 is 31.6 Å². The van der Waals surface area contributed by atoms with Crippen LogP contribution >= 0.6 is 7.37 Å². The lowest BCUT2D eigenvalue weighted by molar-refractivity contribution is -0.134. The van der Waals surface area contributed by atoms with Crippen LogP contribution < -0.4 is 5.32 Å². The number of aliphatic carboxylic acids is 1. The van der Waals surface area contributed by atoms with Gasteiger partial charge < -0.3 is 20.1 Å². The summed E-state index contributed by atoms with van der Waals surface area (Å²) >= 11 is 0. The van der Waals surface area contributed by atoms with E-state index in [1.54, 1.807) is 24.3 Å². The van der Waals surface area contributed by atoms with Gasteiger partial charge in [-0.05, 0) is 17.5 Å². The average molecular weight is 391 g/mol. The van der Waals surface area contributed by atoms with Gasteiger partial charge in [0.1, 0.15) is 12.8 Å². The average Bonchev–Trinajstić information content (AvgIpc) is 2.64. The van der Waals surface area contributed by atoms with Crippen LogP contribution in [0.4, 0.5) is 4.79 Å². The lowest BCUT2D eigenvalue weighted by Crippen LogP contribution is -2.30. The van der Waals surface area contributed by atoms with E-state index in [-0.39, 0.29) is 19.2 Å². The van der Waals surface area contributed by atoms with Gasteiger partial charge in [0.15, 0.2) is 0 Å². The Morgan fingerprint density at radius 2 is 1.63 bits per heavy atom. The Labute approximate surface area is 157 Å². The molecule has 2 aromatic carbocycles. The normalized spacial score (nSPS) is 14.0. The molecule has 2 unspecified atom stereocenters. The maximum atomic E-state index is 12.1. The standard InChI is InChI=1S/C19H22NO6P/c21-18(22)14-27(24,25)12-11-17(16-9-5-2-6-10-16)20-19(23)26-13-15-7-3-1-4-8-15/h1-10,17H,11-14H2,(H,20,23)(H,21,22)(H,24,25). The van der Waals surface area contributed by atoms with Gasteiger partial charge in [-0.1, -0.05) is 60.7 Å². The molecule has 0 spiro atoms. The van der Waals surface area contributed by atoms with Gasteiger partial charge in [0.05, 0.1) is 6.04 Å². The van der Waals surface area contributed by atoms with Crippen LogP contribution in [0.3, 0.4) is 0 Å². The van der Waals surface area contributed by atoms with Gasteiger partial charge in [-0.25, -0.2) is 4.79 Å². The summed E-state index contributed by atoms with van der Waals surface area (Å²) in [6.45, 7) is 0.103. The molecule has 0 aliphatic rings.